The summed E-state index contributed by atoms with van der Waals surface area (Å²) < 4.78 is 80.2. The number of alkyl halides is 6. The van der Waals surface area contributed by atoms with Gasteiger partial charge >= 0.3 is 12.4 Å². The molecule has 2 aromatic carbocycles. The minimum Gasteiger partial charge on any atom is -0.324 e. The van der Waals surface area contributed by atoms with E-state index in [0.717, 1.165) is 5.56 Å². The second kappa shape index (κ2) is 7.33. The lowest BCUT2D eigenvalue weighted by atomic mass is 9.86. The molecule has 0 aliphatic rings. The second-order valence-corrected chi connectivity index (χ2v) is 7.71. The van der Waals surface area contributed by atoms with Crippen molar-refractivity contribution in [1.82, 2.24) is 14.8 Å². The Morgan fingerprint density at radius 1 is 0.833 bits per heavy atom. The molecule has 1 heterocycles. The largest absolute Gasteiger partial charge is 0.416 e. The number of hydrogen-bond acceptors (Lipinski definition) is 3. The van der Waals surface area contributed by atoms with Gasteiger partial charge in [0.15, 0.2) is 0 Å². The van der Waals surface area contributed by atoms with Crippen molar-refractivity contribution in [3.05, 3.63) is 65.5 Å². The summed E-state index contributed by atoms with van der Waals surface area (Å²) in [5, 5.41) is 10.1. The van der Waals surface area contributed by atoms with Crippen molar-refractivity contribution >= 4 is 11.6 Å². The lowest BCUT2D eigenvalue weighted by Crippen LogP contribution is -2.16. The Morgan fingerprint density at radius 2 is 1.40 bits per heavy atom. The monoisotopic (exact) mass is 428 g/mol. The van der Waals surface area contributed by atoms with Crippen molar-refractivity contribution in [3.63, 3.8) is 0 Å². The minimum absolute atomic E-state index is 0.0147. The molecule has 0 spiro atoms. The molecule has 30 heavy (non-hydrogen) atoms. The summed E-state index contributed by atoms with van der Waals surface area (Å²) in [5.74, 6) is -0.0147. The summed E-state index contributed by atoms with van der Waals surface area (Å²) in [4.78, 5) is 0. The van der Waals surface area contributed by atoms with Gasteiger partial charge in [-0.05, 0) is 35.2 Å². The third-order valence-electron chi connectivity index (χ3n) is 4.36. The van der Waals surface area contributed by atoms with E-state index in [1.807, 2.05) is 32.9 Å². The number of anilines is 2. The van der Waals surface area contributed by atoms with Gasteiger partial charge in [0.25, 0.3) is 0 Å². The van der Waals surface area contributed by atoms with Gasteiger partial charge in [0.2, 0.25) is 5.95 Å². The van der Waals surface area contributed by atoms with Gasteiger partial charge in [-0.3, -0.25) is 4.57 Å². The third-order valence-corrected chi connectivity index (χ3v) is 4.36. The highest BCUT2D eigenvalue weighted by molar-refractivity contribution is 5.60. The average Bonchev–Trinajstić information content (AvgIpc) is 3.07. The van der Waals surface area contributed by atoms with Crippen LogP contribution in [-0.2, 0) is 17.8 Å². The molecule has 160 valence electrons. The number of hydrogen-bond donors (Lipinski definition) is 1. The number of benzene rings is 2. The molecule has 1 aromatic heterocycles. The second-order valence-electron chi connectivity index (χ2n) is 7.71. The molecule has 0 fully saturated rings. The maximum Gasteiger partial charge on any atom is 0.416 e. The highest BCUT2D eigenvalue weighted by Gasteiger charge is 2.37. The minimum atomic E-state index is -4.94. The van der Waals surface area contributed by atoms with Crippen LogP contribution in [0.15, 0.2) is 48.8 Å². The third kappa shape index (κ3) is 4.58. The maximum atomic E-state index is 13.1. The number of nitrogens with zero attached hydrogens (tertiary/aromatic N) is 3. The van der Waals surface area contributed by atoms with E-state index in [4.69, 9.17) is 0 Å². The SMILES string of the molecule is CC(C)(C)c1ccccc1-n1cnnc1Nc1cc(C(F)(F)F)cc(C(F)(F)F)c1. The van der Waals surface area contributed by atoms with E-state index in [0.29, 0.717) is 17.8 Å². The van der Waals surface area contributed by atoms with E-state index >= 15 is 0 Å². The predicted molar refractivity (Wildman–Crippen MR) is 99.8 cm³/mol. The zero-order valence-electron chi connectivity index (χ0n) is 16.2. The highest BCUT2D eigenvalue weighted by atomic mass is 19.4. The van der Waals surface area contributed by atoms with Crippen molar-refractivity contribution in [3.8, 4) is 5.69 Å². The van der Waals surface area contributed by atoms with E-state index in [9.17, 15) is 26.3 Å². The first-order valence-corrected chi connectivity index (χ1v) is 8.83. The number of aromatic nitrogens is 3. The Labute approximate surface area is 168 Å². The fourth-order valence-corrected chi connectivity index (χ4v) is 2.97. The van der Waals surface area contributed by atoms with Crippen molar-refractivity contribution in [2.24, 2.45) is 0 Å². The molecule has 10 heteroatoms. The molecule has 0 unspecified atom stereocenters. The first-order valence-electron chi connectivity index (χ1n) is 8.83. The van der Waals surface area contributed by atoms with Crippen molar-refractivity contribution in [2.75, 3.05) is 5.32 Å². The van der Waals surface area contributed by atoms with Crippen LogP contribution in [0.1, 0.15) is 37.5 Å². The normalized spacial score (nSPS) is 12.8. The summed E-state index contributed by atoms with van der Waals surface area (Å²) in [5.41, 5.74) is -1.97. The molecule has 0 saturated carbocycles. The predicted octanol–water partition coefficient (Wildman–Crippen LogP) is 6.35. The van der Waals surface area contributed by atoms with Gasteiger partial charge in [0.1, 0.15) is 6.33 Å². The summed E-state index contributed by atoms with van der Waals surface area (Å²) in [6, 6.07) is 8.52. The van der Waals surface area contributed by atoms with Crippen molar-refractivity contribution < 1.29 is 26.3 Å². The van der Waals surface area contributed by atoms with E-state index < -0.39 is 29.2 Å². The molecule has 3 rings (SSSR count). The van der Waals surface area contributed by atoms with Crippen LogP contribution in [0.4, 0.5) is 38.0 Å². The molecule has 3 aromatic rings. The Bertz CT molecular complexity index is 1010. The molecular weight excluding hydrogens is 410 g/mol. The average molecular weight is 428 g/mol. The Morgan fingerprint density at radius 3 is 1.93 bits per heavy atom. The van der Waals surface area contributed by atoms with Crippen LogP contribution in [-0.4, -0.2) is 14.8 Å². The van der Waals surface area contributed by atoms with Gasteiger partial charge in [-0.15, -0.1) is 10.2 Å². The summed E-state index contributed by atoms with van der Waals surface area (Å²) in [7, 11) is 0. The fourth-order valence-electron chi connectivity index (χ4n) is 2.97. The Balaban J connectivity index is 2.08. The van der Waals surface area contributed by atoms with Gasteiger partial charge in [0, 0.05) is 5.69 Å². The molecule has 0 aliphatic heterocycles. The zero-order valence-corrected chi connectivity index (χ0v) is 16.2. The van der Waals surface area contributed by atoms with Gasteiger partial charge in [-0.1, -0.05) is 39.0 Å². The first kappa shape index (κ1) is 21.7. The van der Waals surface area contributed by atoms with Gasteiger partial charge < -0.3 is 5.32 Å². The van der Waals surface area contributed by atoms with Crippen LogP contribution in [0.5, 0.6) is 0 Å². The first-order chi connectivity index (χ1) is 13.8. The molecule has 4 nitrogen and oxygen atoms in total. The quantitative estimate of drug-likeness (QED) is 0.495. The molecular formula is C20H18F6N4. The molecule has 0 aliphatic carbocycles. The molecule has 1 N–H and O–H groups in total. The molecule has 0 atom stereocenters. The molecule has 0 saturated heterocycles. The van der Waals surface area contributed by atoms with Crippen LogP contribution in [0.25, 0.3) is 5.69 Å². The molecule has 0 radical (unpaired) electrons. The highest BCUT2D eigenvalue weighted by Crippen LogP contribution is 2.38. The lowest BCUT2D eigenvalue weighted by molar-refractivity contribution is -0.143. The van der Waals surface area contributed by atoms with E-state index in [-0.39, 0.29) is 17.4 Å². The standard InChI is InChI=1S/C20H18F6N4/c1-18(2,3)15-6-4-5-7-16(15)30-11-27-29-17(30)28-14-9-12(19(21,22)23)8-13(10-14)20(24,25)26/h4-11H,1-3H3,(H,28,29). The van der Waals surface area contributed by atoms with Crippen LogP contribution < -0.4 is 5.32 Å². The van der Waals surface area contributed by atoms with E-state index in [1.54, 1.807) is 12.1 Å². The van der Waals surface area contributed by atoms with Crippen molar-refractivity contribution in [1.29, 1.82) is 0 Å². The number of nitrogens with one attached hydrogen (secondary N) is 1. The topological polar surface area (TPSA) is 42.7 Å². The molecule has 0 bridgehead atoms. The van der Waals surface area contributed by atoms with Crippen LogP contribution in [0, 0.1) is 0 Å². The van der Waals surface area contributed by atoms with Crippen molar-refractivity contribution in [2.45, 2.75) is 38.5 Å². The Kier molecular flexibility index (Phi) is 5.30. The summed E-state index contributed by atoms with van der Waals surface area (Å²) in [6.07, 6.45) is -8.54. The molecule has 0 amide bonds. The van der Waals surface area contributed by atoms with E-state index in [2.05, 4.69) is 15.5 Å². The summed E-state index contributed by atoms with van der Waals surface area (Å²) in [6.45, 7) is 5.93. The van der Waals surface area contributed by atoms with Gasteiger partial charge in [-0.25, -0.2) is 0 Å². The fraction of sp³-hybridized carbons (Fsp3) is 0.300. The van der Waals surface area contributed by atoms with Crippen LogP contribution in [0.3, 0.4) is 0 Å². The van der Waals surface area contributed by atoms with Crippen LogP contribution >= 0.6 is 0 Å². The number of halogens is 6. The summed E-state index contributed by atoms with van der Waals surface area (Å²) >= 11 is 0. The van der Waals surface area contributed by atoms with Gasteiger partial charge in [0.05, 0.1) is 16.8 Å². The maximum absolute atomic E-state index is 13.1. The smallest absolute Gasteiger partial charge is 0.324 e. The Hall–Kier alpha value is -3.04. The van der Waals surface area contributed by atoms with E-state index in [1.165, 1.54) is 10.9 Å². The number of para-hydroxylation sites is 1. The zero-order chi connectivity index (χ0) is 22.3. The van der Waals surface area contributed by atoms with Gasteiger partial charge in [-0.2, -0.15) is 26.3 Å². The van der Waals surface area contributed by atoms with Crippen LogP contribution in [0.2, 0.25) is 0 Å². The number of rotatable bonds is 3. The lowest BCUT2D eigenvalue weighted by Gasteiger charge is -2.23.